The van der Waals surface area contributed by atoms with Gasteiger partial charge >= 0.3 is 5.97 Å². The van der Waals surface area contributed by atoms with Gasteiger partial charge in [0.15, 0.2) is 0 Å². The van der Waals surface area contributed by atoms with Crippen molar-refractivity contribution in [2.75, 3.05) is 0 Å². The standard InChI is InChI=1S/C19H24N4O3/c1-12-14(13(2)22-21-12)9-10-17-20-16-7-4-3-6-15(16)19(26)23(17)11-5-8-18(24)25/h3-4,6-7,9-10,12-14,21-22H,5,8,11H2,1-2H3,(H,24,25)/b10-9+. The number of aromatic nitrogens is 2. The van der Waals surface area contributed by atoms with Crippen molar-refractivity contribution in [3.05, 3.63) is 46.5 Å². The highest BCUT2D eigenvalue weighted by Crippen LogP contribution is 2.18. The quantitative estimate of drug-likeness (QED) is 0.730. The Labute approximate surface area is 151 Å². The molecule has 0 radical (unpaired) electrons. The molecule has 1 aliphatic rings. The second kappa shape index (κ2) is 7.80. The van der Waals surface area contributed by atoms with Crippen molar-refractivity contribution in [1.29, 1.82) is 0 Å². The van der Waals surface area contributed by atoms with Crippen LogP contribution in [0.2, 0.25) is 0 Å². The lowest BCUT2D eigenvalue weighted by molar-refractivity contribution is -0.137. The molecule has 26 heavy (non-hydrogen) atoms. The molecule has 1 fully saturated rings. The Morgan fingerprint density at radius 1 is 1.27 bits per heavy atom. The number of nitrogens with zero attached hydrogens (tertiary/aromatic N) is 2. The summed E-state index contributed by atoms with van der Waals surface area (Å²) in [5.41, 5.74) is 6.92. The number of fused-ring (bicyclic) bond motifs is 1. The van der Waals surface area contributed by atoms with Gasteiger partial charge in [0, 0.05) is 31.0 Å². The lowest BCUT2D eigenvalue weighted by atomic mass is 9.96. The third kappa shape index (κ3) is 3.84. The van der Waals surface area contributed by atoms with E-state index in [4.69, 9.17) is 5.11 Å². The minimum absolute atomic E-state index is 0.0208. The van der Waals surface area contributed by atoms with E-state index in [1.54, 1.807) is 10.6 Å². The molecule has 1 aliphatic heterocycles. The van der Waals surface area contributed by atoms with Gasteiger partial charge in [0.1, 0.15) is 5.82 Å². The van der Waals surface area contributed by atoms with E-state index in [1.165, 1.54) is 0 Å². The number of rotatable bonds is 6. The van der Waals surface area contributed by atoms with Crippen LogP contribution in [-0.2, 0) is 11.3 Å². The van der Waals surface area contributed by atoms with Gasteiger partial charge in [-0.1, -0.05) is 18.2 Å². The van der Waals surface area contributed by atoms with Crippen LogP contribution < -0.4 is 16.4 Å². The number of para-hydroxylation sites is 1. The maximum absolute atomic E-state index is 12.9. The maximum atomic E-state index is 12.9. The highest BCUT2D eigenvalue weighted by atomic mass is 16.4. The molecule has 0 amide bonds. The van der Waals surface area contributed by atoms with E-state index >= 15 is 0 Å². The lowest BCUT2D eigenvalue weighted by Crippen LogP contribution is -2.30. The zero-order chi connectivity index (χ0) is 18.7. The molecule has 3 rings (SSSR count). The first-order chi connectivity index (χ1) is 12.5. The van der Waals surface area contributed by atoms with E-state index in [2.05, 4.69) is 35.8 Å². The van der Waals surface area contributed by atoms with E-state index in [0.717, 1.165) is 0 Å². The number of carbonyl (C=O) groups is 1. The zero-order valence-corrected chi connectivity index (χ0v) is 15.0. The van der Waals surface area contributed by atoms with Crippen LogP contribution in [0.1, 0.15) is 32.5 Å². The molecule has 2 unspecified atom stereocenters. The molecule has 7 nitrogen and oxygen atoms in total. The molecule has 2 aromatic rings. The van der Waals surface area contributed by atoms with Gasteiger partial charge in [-0.15, -0.1) is 0 Å². The van der Waals surface area contributed by atoms with E-state index in [1.807, 2.05) is 24.3 Å². The van der Waals surface area contributed by atoms with Gasteiger partial charge in [-0.3, -0.25) is 25.0 Å². The predicted octanol–water partition coefficient (Wildman–Crippen LogP) is 1.78. The first-order valence-electron chi connectivity index (χ1n) is 8.88. The lowest BCUT2D eigenvalue weighted by Gasteiger charge is -2.14. The average molecular weight is 356 g/mol. The molecule has 2 heterocycles. The summed E-state index contributed by atoms with van der Waals surface area (Å²) in [7, 11) is 0. The second-order valence-electron chi connectivity index (χ2n) is 6.74. The van der Waals surface area contributed by atoms with Gasteiger partial charge in [-0.2, -0.15) is 0 Å². The maximum Gasteiger partial charge on any atom is 0.303 e. The largest absolute Gasteiger partial charge is 0.481 e. The summed E-state index contributed by atoms with van der Waals surface area (Å²) in [4.78, 5) is 28.3. The first kappa shape index (κ1) is 18.3. The topological polar surface area (TPSA) is 96.3 Å². The zero-order valence-electron chi connectivity index (χ0n) is 15.0. The number of benzene rings is 1. The number of hydrogen-bond acceptors (Lipinski definition) is 5. The third-order valence-electron chi connectivity index (χ3n) is 4.82. The summed E-state index contributed by atoms with van der Waals surface area (Å²) in [6.07, 6.45) is 4.34. The van der Waals surface area contributed by atoms with Crippen LogP contribution in [0.25, 0.3) is 17.0 Å². The Kier molecular flexibility index (Phi) is 5.49. The van der Waals surface area contributed by atoms with Crippen molar-refractivity contribution < 1.29 is 9.90 Å². The molecule has 0 aliphatic carbocycles. The summed E-state index contributed by atoms with van der Waals surface area (Å²) in [5, 5.41) is 9.42. The van der Waals surface area contributed by atoms with Crippen molar-refractivity contribution in [2.24, 2.45) is 5.92 Å². The van der Waals surface area contributed by atoms with Crippen LogP contribution in [-0.4, -0.2) is 32.7 Å². The Hall–Kier alpha value is -2.51. The molecular weight excluding hydrogens is 332 g/mol. The fourth-order valence-corrected chi connectivity index (χ4v) is 3.34. The second-order valence-corrected chi connectivity index (χ2v) is 6.74. The minimum Gasteiger partial charge on any atom is -0.481 e. The Morgan fingerprint density at radius 3 is 2.65 bits per heavy atom. The number of hydrazine groups is 1. The number of carboxylic acid groups (broad SMARTS) is 1. The monoisotopic (exact) mass is 356 g/mol. The van der Waals surface area contributed by atoms with E-state index in [-0.39, 0.29) is 30.0 Å². The highest BCUT2D eigenvalue weighted by Gasteiger charge is 2.27. The average Bonchev–Trinajstić information content (AvgIpc) is 2.93. The Balaban J connectivity index is 1.98. The van der Waals surface area contributed by atoms with Crippen LogP contribution in [0.5, 0.6) is 0 Å². The molecule has 0 spiro atoms. The van der Waals surface area contributed by atoms with Gasteiger partial charge in [0.2, 0.25) is 0 Å². The molecule has 0 saturated carbocycles. The van der Waals surface area contributed by atoms with Gasteiger partial charge in [-0.05, 0) is 38.5 Å². The molecule has 1 aromatic carbocycles. The van der Waals surface area contributed by atoms with Crippen molar-refractivity contribution in [2.45, 2.75) is 45.3 Å². The molecular formula is C19H24N4O3. The van der Waals surface area contributed by atoms with Gasteiger partial charge in [0.25, 0.3) is 5.56 Å². The number of hydrogen-bond donors (Lipinski definition) is 3. The van der Waals surface area contributed by atoms with Crippen LogP contribution in [0.15, 0.2) is 35.1 Å². The van der Waals surface area contributed by atoms with Crippen molar-refractivity contribution >= 4 is 22.9 Å². The Morgan fingerprint density at radius 2 is 1.96 bits per heavy atom. The fourth-order valence-electron chi connectivity index (χ4n) is 3.34. The van der Waals surface area contributed by atoms with E-state index in [0.29, 0.717) is 29.7 Å². The third-order valence-corrected chi connectivity index (χ3v) is 4.82. The number of carboxylic acids is 1. The van der Waals surface area contributed by atoms with Crippen molar-refractivity contribution in [3.63, 3.8) is 0 Å². The van der Waals surface area contributed by atoms with Crippen LogP contribution in [0.3, 0.4) is 0 Å². The van der Waals surface area contributed by atoms with Gasteiger partial charge in [-0.25, -0.2) is 4.98 Å². The Bertz CT molecular complexity index is 880. The molecule has 1 aromatic heterocycles. The normalized spacial score (nSPS) is 23.1. The molecule has 1 saturated heterocycles. The van der Waals surface area contributed by atoms with Crippen molar-refractivity contribution in [1.82, 2.24) is 20.4 Å². The molecule has 2 atom stereocenters. The van der Waals surface area contributed by atoms with Crippen LogP contribution >= 0.6 is 0 Å². The smallest absolute Gasteiger partial charge is 0.303 e. The van der Waals surface area contributed by atoms with Crippen LogP contribution in [0.4, 0.5) is 0 Å². The van der Waals surface area contributed by atoms with Gasteiger partial charge < -0.3 is 5.11 Å². The van der Waals surface area contributed by atoms with E-state index < -0.39 is 5.97 Å². The molecule has 7 heteroatoms. The molecule has 3 N–H and O–H groups in total. The SMILES string of the molecule is CC1NNC(C)C1/C=C/c1nc2ccccc2c(=O)n1CCCC(=O)O. The summed E-state index contributed by atoms with van der Waals surface area (Å²) in [6, 6.07) is 7.77. The predicted molar refractivity (Wildman–Crippen MR) is 101 cm³/mol. The number of aliphatic carboxylic acids is 1. The van der Waals surface area contributed by atoms with Crippen molar-refractivity contribution in [3.8, 4) is 0 Å². The molecule has 0 bridgehead atoms. The highest BCUT2D eigenvalue weighted by molar-refractivity contribution is 5.78. The summed E-state index contributed by atoms with van der Waals surface area (Å²) in [6.45, 7) is 4.52. The van der Waals surface area contributed by atoms with Gasteiger partial charge in [0.05, 0.1) is 10.9 Å². The molecule has 138 valence electrons. The summed E-state index contributed by atoms with van der Waals surface area (Å²) in [5.74, 6) is -0.0362. The van der Waals surface area contributed by atoms with Crippen LogP contribution in [0, 0.1) is 5.92 Å². The minimum atomic E-state index is -0.866. The first-order valence-corrected chi connectivity index (χ1v) is 8.88. The fraction of sp³-hybridized carbons (Fsp3) is 0.421. The summed E-state index contributed by atoms with van der Waals surface area (Å²) < 4.78 is 1.58. The summed E-state index contributed by atoms with van der Waals surface area (Å²) >= 11 is 0. The number of nitrogens with one attached hydrogen (secondary N) is 2. The van der Waals surface area contributed by atoms with E-state index in [9.17, 15) is 9.59 Å².